The molecule has 0 radical (unpaired) electrons. The first-order valence-corrected chi connectivity index (χ1v) is 7.92. The molecule has 0 aromatic carbocycles. The summed E-state index contributed by atoms with van der Waals surface area (Å²) < 4.78 is 0. The van der Waals surface area contributed by atoms with Gasteiger partial charge in [0.05, 0.1) is 0 Å². The fraction of sp³-hybridized carbons (Fsp3) is 1.00. The molecule has 2 atom stereocenters. The SMILES string of the molecule is CN1C2CCC1CN(CC1CCC(N)CC1)CC2. The van der Waals surface area contributed by atoms with E-state index in [1.54, 1.807) is 0 Å². The van der Waals surface area contributed by atoms with Crippen LogP contribution in [-0.4, -0.2) is 54.6 Å². The molecule has 3 heteroatoms. The average molecular weight is 251 g/mol. The van der Waals surface area contributed by atoms with E-state index in [4.69, 9.17) is 5.73 Å². The van der Waals surface area contributed by atoms with Gasteiger partial charge in [0.2, 0.25) is 0 Å². The van der Waals surface area contributed by atoms with Crippen LogP contribution in [0.4, 0.5) is 0 Å². The molecule has 2 unspecified atom stereocenters. The van der Waals surface area contributed by atoms with Gasteiger partial charge < -0.3 is 10.6 Å². The smallest absolute Gasteiger partial charge is 0.0223 e. The van der Waals surface area contributed by atoms with Crippen LogP contribution in [0.25, 0.3) is 0 Å². The Morgan fingerprint density at radius 2 is 1.67 bits per heavy atom. The van der Waals surface area contributed by atoms with E-state index in [1.165, 1.54) is 64.6 Å². The van der Waals surface area contributed by atoms with Crippen LogP contribution in [-0.2, 0) is 0 Å². The Hall–Kier alpha value is -0.120. The van der Waals surface area contributed by atoms with E-state index in [-0.39, 0.29) is 0 Å². The van der Waals surface area contributed by atoms with E-state index in [2.05, 4.69) is 16.8 Å². The quantitative estimate of drug-likeness (QED) is 0.810. The molecule has 3 aliphatic rings. The zero-order valence-electron chi connectivity index (χ0n) is 11.9. The van der Waals surface area contributed by atoms with Crippen molar-refractivity contribution in [3.05, 3.63) is 0 Å². The fourth-order valence-corrected chi connectivity index (χ4v) is 4.28. The predicted octanol–water partition coefficient (Wildman–Crippen LogP) is 1.67. The van der Waals surface area contributed by atoms with Crippen molar-refractivity contribution in [3.8, 4) is 0 Å². The third kappa shape index (κ3) is 2.73. The lowest BCUT2D eigenvalue weighted by atomic mass is 9.86. The van der Waals surface area contributed by atoms with Gasteiger partial charge in [-0.15, -0.1) is 0 Å². The third-order valence-electron chi connectivity index (χ3n) is 5.64. The molecule has 0 spiro atoms. The number of hydrogen-bond acceptors (Lipinski definition) is 3. The van der Waals surface area contributed by atoms with Gasteiger partial charge in [-0.25, -0.2) is 0 Å². The maximum Gasteiger partial charge on any atom is 0.0223 e. The highest BCUT2D eigenvalue weighted by Crippen LogP contribution is 2.30. The highest BCUT2D eigenvalue weighted by atomic mass is 15.3. The molecule has 3 fully saturated rings. The molecule has 2 bridgehead atoms. The molecule has 2 aliphatic heterocycles. The van der Waals surface area contributed by atoms with E-state index < -0.39 is 0 Å². The molecule has 2 heterocycles. The van der Waals surface area contributed by atoms with E-state index >= 15 is 0 Å². The minimum absolute atomic E-state index is 0.493. The predicted molar refractivity (Wildman–Crippen MR) is 75.6 cm³/mol. The summed E-state index contributed by atoms with van der Waals surface area (Å²) in [6, 6.07) is 2.20. The molecule has 3 rings (SSSR count). The van der Waals surface area contributed by atoms with Crippen LogP contribution in [0, 0.1) is 5.92 Å². The van der Waals surface area contributed by atoms with Crippen LogP contribution in [0.1, 0.15) is 44.9 Å². The van der Waals surface area contributed by atoms with Crippen LogP contribution in [0.15, 0.2) is 0 Å². The minimum Gasteiger partial charge on any atom is -0.328 e. The van der Waals surface area contributed by atoms with E-state index in [9.17, 15) is 0 Å². The molecule has 2 saturated heterocycles. The molecule has 1 saturated carbocycles. The van der Waals surface area contributed by atoms with Crippen molar-refractivity contribution in [2.45, 2.75) is 63.1 Å². The standard InChI is InChI=1S/C15H29N3/c1-17-14-6-7-15(17)11-18(9-8-14)10-12-2-4-13(16)5-3-12/h12-15H,2-11,16H2,1H3. The molecule has 104 valence electrons. The normalized spacial score (nSPS) is 43.0. The largest absolute Gasteiger partial charge is 0.328 e. The van der Waals surface area contributed by atoms with Crippen LogP contribution < -0.4 is 5.73 Å². The Bertz CT molecular complexity index is 273. The summed E-state index contributed by atoms with van der Waals surface area (Å²) in [4.78, 5) is 5.40. The van der Waals surface area contributed by atoms with Crippen molar-refractivity contribution < 1.29 is 0 Å². The summed E-state index contributed by atoms with van der Waals surface area (Å²) in [5, 5.41) is 0. The number of hydrogen-bond donors (Lipinski definition) is 1. The Kier molecular flexibility index (Phi) is 3.92. The lowest BCUT2D eigenvalue weighted by molar-refractivity contribution is 0.175. The van der Waals surface area contributed by atoms with E-state index in [1.807, 2.05) is 0 Å². The van der Waals surface area contributed by atoms with Crippen LogP contribution in [0.5, 0.6) is 0 Å². The summed E-state index contributed by atoms with van der Waals surface area (Å²) >= 11 is 0. The first-order valence-electron chi connectivity index (χ1n) is 7.92. The molecule has 2 N–H and O–H groups in total. The summed E-state index contributed by atoms with van der Waals surface area (Å²) in [6.45, 7) is 3.98. The van der Waals surface area contributed by atoms with Gasteiger partial charge in [-0.3, -0.25) is 4.90 Å². The number of likely N-dealkylation sites (tertiary alicyclic amines) is 1. The Morgan fingerprint density at radius 1 is 0.944 bits per heavy atom. The second-order valence-corrected chi connectivity index (χ2v) is 6.88. The second-order valence-electron chi connectivity index (χ2n) is 6.88. The molecular formula is C15H29N3. The molecule has 1 aliphatic carbocycles. The zero-order chi connectivity index (χ0) is 12.5. The maximum absolute atomic E-state index is 6.00. The van der Waals surface area contributed by atoms with Gasteiger partial charge >= 0.3 is 0 Å². The Balaban J connectivity index is 1.51. The molecule has 0 amide bonds. The van der Waals surface area contributed by atoms with Crippen LogP contribution in [0.3, 0.4) is 0 Å². The van der Waals surface area contributed by atoms with Gasteiger partial charge in [-0.05, 0) is 64.5 Å². The number of rotatable bonds is 2. The lowest BCUT2D eigenvalue weighted by Gasteiger charge is -2.32. The van der Waals surface area contributed by atoms with Crippen molar-refractivity contribution in [2.24, 2.45) is 11.7 Å². The fourth-order valence-electron chi connectivity index (χ4n) is 4.28. The number of fused-ring (bicyclic) bond motifs is 2. The average Bonchev–Trinajstić information content (AvgIpc) is 2.60. The summed E-state index contributed by atoms with van der Waals surface area (Å²) in [5.41, 5.74) is 6.00. The number of likely N-dealkylation sites (N-methyl/N-ethyl adjacent to an activating group) is 1. The zero-order valence-corrected chi connectivity index (χ0v) is 11.9. The van der Waals surface area contributed by atoms with E-state index in [0.717, 1.165) is 18.0 Å². The molecular weight excluding hydrogens is 222 g/mol. The second kappa shape index (κ2) is 5.48. The monoisotopic (exact) mass is 251 g/mol. The highest BCUT2D eigenvalue weighted by Gasteiger charge is 2.35. The topological polar surface area (TPSA) is 32.5 Å². The molecule has 3 nitrogen and oxygen atoms in total. The number of nitrogens with zero attached hydrogens (tertiary/aromatic N) is 2. The highest BCUT2D eigenvalue weighted by molar-refractivity contribution is 4.91. The van der Waals surface area contributed by atoms with Gasteiger partial charge in [0, 0.05) is 31.2 Å². The Morgan fingerprint density at radius 3 is 2.44 bits per heavy atom. The maximum atomic E-state index is 6.00. The van der Waals surface area contributed by atoms with Gasteiger partial charge in [0.15, 0.2) is 0 Å². The van der Waals surface area contributed by atoms with Crippen molar-refractivity contribution in [2.75, 3.05) is 26.7 Å². The van der Waals surface area contributed by atoms with Crippen LogP contribution >= 0.6 is 0 Å². The summed E-state index contributed by atoms with van der Waals surface area (Å²) in [6.07, 6.45) is 9.48. The lowest BCUT2D eigenvalue weighted by Crippen LogP contribution is -2.40. The van der Waals surface area contributed by atoms with Crippen molar-refractivity contribution in [1.82, 2.24) is 9.80 Å². The summed E-state index contributed by atoms with van der Waals surface area (Å²) in [7, 11) is 2.34. The number of nitrogens with two attached hydrogens (primary N) is 1. The van der Waals surface area contributed by atoms with Crippen molar-refractivity contribution in [3.63, 3.8) is 0 Å². The van der Waals surface area contributed by atoms with Gasteiger partial charge in [-0.2, -0.15) is 0 Å². The summed E-state index contributed by atoms with van der Waals surface area (Å²) in [5.74, 6) is 0.923. The molecule has 0 aromatic rings. The van der Waals surface area contributed by atoms with E-state index in [0.29, 0.717) is 6.04 Å². The van der Waals surface area contributed by atoms with Gasteiger partial charge in [0.1, 0.15) is 0 Å². The third-order valence-corrected chi connectivity index (χ3v) is 5.64. The van der Waals surface area contributed by atoms with Crippen molar-refractivity contribution >= 4 is 0 Å². The van der Waals surface area contributed by atoms with Gasteiger partial charge in [0.25, 0.3) is 0 Å². The van der Waals surface area contributed by atoms with Crippen molar-refractivity contribution in [1.29, 1.82) is 0 Å². The van der Waals surface area contributed by atoms with Gasteiger partial charge in [-0.1, -0.05) is 0 Å². The Labute approximate surface area is 112 Å². The molecule has 18 heavy (non-hydrogen) atoms. The first kappa shape index (κ1) is 12.9. The first-order chi connectivity index (χ1) is 8.72. The van der Waals surface area contributed by atoms with Crippen LogP contribution in [0.2, 0.25) is 0 Å². The molecule has 0 aromatic heterocycles. The minimum atomic E-state index is 0.493.